The van der Waals surface area contributed by atoms with Gasteiger partial charge in [0.15, 0.2) is 0 Å². The molecule has 1 heterocycles. The summed E-state index contributed by atoms with van der Waals surface area (Å²) in [4.78, 5) is 26.6. The van der Waals surface area contributed by atoms with E-state index in [2.05, 4.69) is 35.8 Å². The van der Waals surface area contributed by atoms with Crippen LogP contribution in [0.3, 0.4) is 0 Å². The minimum absolute atomic E-state index is 0.00643. The van der Waals surface area contributed by atoms with Gasteiger partial charge in [-0.2, -0.15) is 0 Å². The van der Waals surface area contributed by atoms with Crippen molar-refractivity contribution < 1.29 is 9.59 Å². The molecule has 148 valence electrons. The molecule has 27 heavy (non-hydrogen) atoms. The summed E-state index contributed by atoms with van der Waals surface area (Å²) in [5, 5.41) is 6.10. The highest BCUT2D eigenvalue weighted by Gasteiger charge is 2.36. The Morgan fingerprint density at radius 1 is 1.22 bits per heavy atom. The lowest BCUT2D eigenvalue weighted by atomic mass is 9.89. The zero-order valence-corrected chi connectivity index (χ0v) is 17.1. The summed E-state index contributed by atoms with van der Waals surface area (Å²) in [6.45, 7) is 8.74. The van der Waals surface area contributed by atoms with Crippen LogP contribution in [0.1, 0.15) is 76.1 Å². The summed E-state index contributed by atoms with van der Waals surface area (Å²) in [6, 6.07) is 6.32. The lowest BCUT2D eigenvalue weighted by molar-refractivity contribution is -0.131. The van der Waals surface area contributed by atoms with Crippen LogP contribution in [-0.2, 0) is 17.6 Å². The van der Waals surface area contributed by atoms with Crippen molar-refractivity contribution in [3.63, 3.8) is 0 Å². The molecule has 0 bridgehead atoms. The van der Waals surface area contributed by atoms with Crippen molar-refractivity contribution >= 4 is 11.9 Å². The average molecular weight is 372 g/mol. The monoisotopic (exact) mass is 371 g/mol. The molecule has 1 aliphatic heterocycles. The van der Waals surface area contributed by atoms with Gasteiger partial charge in [-0.1, -0.05) is 25.1 Å². The van der Waals surface area contributed by atoms with Gasteiger partial charge in [0.05, 0.1) is 12.1 Å². The number of fused-ring (bicyclic) bond motifs is 1. The van der Waals surface area contributed by atoms with Gasteiger partial charge in [0, 0.05) is 18.5 Å². The molecule has 1 aromatic rings. The fraction of sp³-hybridized carbons (Fsp3) is 0.636. The molecule has 2 unspecified atom stereocenters. The van der Waals surface area contributed by atoms with Crippen LogP contribution >= 0.6 is 0 Å². The number of urea groups is 1. The van der Waals surface area contributed by atoms with Crippen LogP contribution < -0.4 is 10.6 Å². The normalized spacial score (nSPS) is 21.0. The van der Waals surface area contributed by atoms with E-state index < -0.39 is 0 Å². The van der Waals surface area contributed by atoms with Crippen molar-refractivity contribution in [1.29, 1.82) is 0 Å². The van der Waals surface area contributed by atoms with Crippen molar-refractivity contribution in [2.75, 3.05) is 6.54 Å². The van der Waals surface area contributed by atoms with Gasteiger partial charge in [-0.05, 0) is 69.6 Å². The van der Waals surface area contributed by atoms with Gasteiger partial charge in [0.1, 0.15) is 0 Å². The number of hydrogen-bond donors (Lipinski definition) is 2. The number of likely N-dealkylation sites (tertiary alicyclic amines) is 1. The predicted octanol–water partition coefficient (Wildman–Crippen LogP) is 3.72. The lowest BCUT2D eigenvalue weighted by Gasteiger charge is -2.32. The van der Waals surface area contributed by atoms with Gasteiger partial charge >= 0.3 is 6.03 Å². The zero-order valence-electron chi connectivity index (χ0n) is 17.1. The van der Waals surface area contributed by atoms with Crippen LogP contribution in [0, 0.1) is 0 Å². The average Bonchev–Trinajstić information content (AvgIpc) is 2.99. The lowest BCUT2D eigenvalue weighted by Crippen LogP contribution is -2.47. The number of carbonyl (C=O) groups excluding carboxylic acids is 2. The van der Waals surface area contributed by atoms with Crippen molar-refractivity contribution in [2.45, 2.75) is 83.8 Å². The van der Waals surface area contributed by atoms with Crippen LogP contribution in [0.15, 0.2) is 18.2 Å². The first kappa shape index (κ1) is 19.7. The molecule has 2 aliphatic rings. The fourth-order valence-electron chi connectivity index (χ4n) is 4.23. The van der Waals surface area contributed by atoms with E-state index in [4.69, 9.17) is 0 Å². The Bertz CT molecular complexity index is 708. The molecule has 2 atom stereocenters. The molecular formula is C22H33N3O2. The molecule has 3 rings (SSSR count). The molecule has 0 spiro atoms. The van der Waals surface area contributed by atoms with Crippen LogP contribution in [0.2, 0.25) is 0 Å². The van der Waals surface area contributed by atoms with E-state index in [9.17, 15) is 9.59 Å². The number of aryl methyl sites for hydroxylation is 2. The molecule has 0 radical (unpaired) electrons. The summed E-state index contributed by atoms with van der Waals surface area (Å²) < 4.78 is 0. The summed E-state index contributed by atoms with van der Waals surface area (Å²) in [5.41, 5.74) is 3.85. The number of hydrogen-bond acceptors (Lipinski definition) is 2. The minimum Gasteiger partial charge on any atom is -0.336 e. The molecule has 1 aromatic carbocycles. The summed E-state index contributed by atoms with van der Waals surface area (Å²) >= 11 is 0. The molecule has 1 aliphatic carbocycles. The Balaban J connectivity index is 1.60. The molecule has 3 amide bonds. The maximum absolute atomic E-state index is 12.5. The second-order valence-corrected chi connectivity index (χ2v) is 8.89. The van der Waals surface area contributed by atoms with E-state index in [1.54, 1.807) is 0 Å². The Kier molecular flexibility index (Phi) is 5.78. The maximum Gasteiger partial charge on any atom is 0.315 e. The minimum atomic E-state index is -0.209. The second kappa shape index (κ2) is 7.91. The van der Waals surface area contributed by atoms with E-state index in [0.29, 0.717) is 13.0 Å². The van der Waals surface area contributed by atoms with Crippen molar-refractivity contribution in [1.82, 2.24) is 15.5 Å². The first-order valence-electron chi connectivity index (χ1n) is 10.3. The summed E-state index contributed by atoms with van der Waals surface area (Å²) in [5.74, 6) is 0.106. The molecule has 5 heteroatoms. The fourth-order valence-corrected chi connectivity index (χ4v) is 4.23. The molecule has 0 aromatic heterocycles. The van der Waals surface area contributed by atoms with Gasteiger partial charge in [0.25, 0.3) is 0 Å². The molecular weight excluding hydrogens is 338 g/mol. The van der Waals surface area contributed by atoms with Gasteiger partial charge < -0.3 is 15.5 Å². The highest BCUT2D eigenvalue weighted by atomic mass is 16.2. The Hall–Kier alpha value is -2.04. The highest BCUT2D eigenvalue weighted by molar-refractivity contribution is 5.82. The molecule has 1 fully saturated rings. The second-order valence-electron chi connectivity index (χ2n) is 8.89. The number of benzene rings is 1. The summed E-state index contributed by atoms with van der Waals surface area (Å²) in [6.07, 6.45) is 6.04. The number of nitrogens with zero attached hydrogens (tertiary/aromatic N) is 1. The van der Waals surface area contributed by atoms with Crippen molar-refractivity contribution in [2.24, 2.45) is 0 Å². The Morgan fingerprint density at radius 3 is 2.56 bits per heavy atom. The van der Waals surface area contributed by atoms with Crippen LogP contribution in [0.5, 0.6) is 0 Å². The number of carbonyl (C=O) groups is 2. The third-order valence-corrected chi connectivity index (χ3v) is 5.76. The molecule has 1 saturated heterocycles. The predicted molar refractivity (Wildman–Crippen MR) is 108 cm³/mol. The van der Waals surface area contributed by atoms with E-state index >= 15 is 0 Å². The molecule has 2 N–H and O–H groups in total. The largest absolute Gasteiger partial charge is 0.336 e. The summed E-state index contributed by atoms with van der Waals surface area (Å²) in [7, 11) is 0. The topological polar surface area (TPSA) is 61.4 Å². The Morgan fingerprint density at radius 2 is 1.93 bits per heavy atom. The smallest absolute Gasteiger partial charge is 0.315 e. The molecule has 0 saturated carbocycles. The van der Waals surface area contributed by atoms with Crippen molar-refractivity contribution in [3.8, 4) is 0 Å². The van der Waals surface area contributed by atoms with Crippen molar-refractivity contribution in [3.05, 3.63) is 34.9 Å². The van der Waals surface area contributed by atoms with Crippen LogP contribution in [0.25, 0.3) is 0 Å². The third kappa shape index (κ3) is 4.63. The Labute approximate surface area is 162 Å². The molecule has 5 nitrogen and oxygen atoms in total. The standard InChI is InChI=1S/C22H33N3O2/c1-5-19(17-11-10-15-8-6-7-9-16(15)12-17)24-21(27)23-18-13-20(26)25(14-18)22(2,3)4/h10-12,18-19H,5-9,13-14H2,1-4H3,(H2,23,24,27). The third-order valence-electron chi connectivity index (χ3n) is 5.76. The van der Waals surface area contributed by atoms with E-state index in [-0.39, 0.29) is 29.6 Å². The first-order valence-corrected chi connectivity index (χ1v) is 10.3. The van der Waals surface area contributed by atoms with Gasteiger partial charge in [-0.25, -0.2) is 4.79 Å². The van der Waals surface area contributed by atoms with Crippen LogP contribution in [0.4, 0.5) is 4.79 Å². The highest BCUT2D eigenvalue weighted by Crippen LogP contribution is 2.26. The van der Waals surface area contributed by atoms with Gasteiger partial charge in [-0.15, -0.1) is 0 Å². The maximum atomic E-state index is 12.5. The van der Waals surface area contributed by atoms with Gasteiger partial charge in [-0.3, -0.25) is 4.79 Å². The van der Waals surface area contributed by atoms with Gasteiger partial charge in [0.2, 0.25) is 5.91 Å². The van der Waals surface area contributed by atoms with E-state index in [1.165, 1.54) is 36.0 Å². The van der Waals surface area contributed by atoms with E-state index in [1.807, 2.05) is 25.7 Å². The van der Waals surface area contributed by atoms with Crippen LogP contribution in [-0.4, -0.2) is 35.0 Å². The zero-order chi connectivity index (χ0) is 19.6. The number of nitrogens with one attached hydrogen (secondary N) is 2. The number of amides is 3. The van der Waals surface area contributed by atoms with E-state index in [0.717, 1.165) is 12.8 Å². The number of rotatable bonds is 4. The first-order chi connectivity index (χ1) is 12.8. The quantitative estimate of drug-likeness (QED) is 0.847. The SMILES string of the molecule is CCC(NC(=O)NC1CC(=O)N(C(C)(C)C)C1)c1ccc2c(c1)CCCC2.